The molecule has 1 aliphatic heterocycles. The van der Waals surface area contributed by atoms with Crippen LogP contribution in [0.1, 0.15) is 20.3 Å². The van der Waals surface area contributed by atoms with Gasteiger partial charge in [0.25, 0.3) is 0 Å². The van der Waals surface area contributed by atoms with Crippen LogP contribution in [0.5, 0.6) is 0 Å². The Morgan fingerprint density at radius 3 is 2.64 bits per heavy atom. The number of nitrogens with one attached hydrogen (secondary N) is 1. The summed E-state index contributed by atoms with van der Waals surface area (Å²) in [6, 6.07) is 0.678. The molecular formula is C11H25N3. The zero-order valence-electron chi connectivity index (χ0n) is 9.92. The van der Waals surface area contributed by atoms with Crippen molar-refractivity contribution in [1.29, 1.82) is 0 Å². The summed E-state index contributed by atoms with van der Waals surface area (Å²) in [5, 5.41) is 3.26. The fourth-order valence-electron chi connectivity index (χ4n) is 2.17. The van der Waals surface area contributed by atoms with Crippen LogP contribution in [0.25, 0.3) is 0 Å². The summed E-state index contributed by atoms with van der Waals surface area (Å²) in [5.74, 6) is 0. The summed E-state index contributed by atoms with van der Waals surface area (Å²) in [5.41, 5.74) is 0. The third kappa shape index (κ3) is 3.56. The molecule has 1 rings (SSSR count). The molecule has 84 valence electrons. The molecule has 0 aromatic heterocycles. The maximum Gasteiger partial charge on any atom is 0.0192 e. The molecule has 1 N–H and O–H groups in total. The summed E-state index contributed by atoms with van der Waals surface area (Å²) in [7, 11) is 2.03. The largest absolute Gasteiger partial charge is 0.318 e. The van der Waals surface area contributed by atoms with Crippen LogP contribution < -0.4 is 5.32 Å². The van der Waals surface area contributed by atoms with Crippen LogP contribution in [-0.4, -0.2) is 62.2 Å². The third-order valence-corrected chi connectivity index (χ3v) is 3.19. The lowest BCUT2D eigenvalue weighted by molar-refractivity contribution is 0.209. The number of hydrogen-bond acceptors (Lipinski definition) is 3. The van der Waals surface area contributed by atoms with E-state index in [1.165, 1.54) is 39.1 Å². The molecule has 1 atom stereocenters. The Bertz CT molecular complexity index is 149. The van der Waals surface area contributed by atoms with Gasteiger partial charge in [0.05, 0.1) is 0 Å². The minimum Gasteiger partial charge on any atom is -0.318 e. The Kier molecular flexibility index (Phi) is 5.45. The van der Waals surface area contributed by atoms with E-state index in [1.807, 2.05) is 7.05 Å². The van der Waals surface area contributed by atoms with Gasteiger partial charge in [-0.15, -0.1) is 0 Å². The number of nitrogens with zero attached hydrogens (tertiary/aromatic N) is 2. The molecule has 0 aromatic rings. The monoisotopic (exact) mass is 199 g/mol. The van der Waals surface area contributed by atoms with Gasteiger partial charge in [-0.1, -0.05) is 6.92 Å². The van der Waals surface area contributed by atoms with Crippen molar-refractivity contribution >= 4 is 0 Å². The first kappa shape index (κ1) is 12.0. The van der Waals surface area contributed by atoms with Crippen molar-refractivity contribution in [3.63, 3.8) is 0 Å². The van der Waals surface area contributed by atoms with E-state index >= 15 is 0 Å². The first-order chi connectivity index (χ1) is 6.77. The quantitative estimate of drug-likeness (QED) is 0.716. The summed E-state index contributed by atoms with van der Waals surface area (Å²) >= 11 is 0. The summed E-state index contributed by atoms with van der Waals surface area (Å²) < 4.78 is 0. The third-order valence-electron chi connectivity index (χ3n) is 3.19. The average Bonchev–Trinajstić information content (AvgIpc) is 2.42. The minimum atomic E-state index is 0.678. The van der Waals surface area contributed by atoms with Gasteiger partial charge in [0.1, 0.15) is 0 Å². The van der Waals surface area contributed by atoms with Crippen LogP contribution in [-0.2, 0) is 0 Å². The molecule has 0 aliphatic carbocycles. The molecule has 1 aliphatic rings. The second-order valence-corrected chi connectivity index (χ2v) is 4.23. The second kappa shape index (κ2) is 6.38. The Hall–Kier alpha value is -0.120. The van der Waals surface area contributed by atoms with Gasteiger partial charge in [0.2, 0.25) is 0 Å². The zero-order valence-corrected chi connectivity index (χ0v) is 9.92. The van der Waals surface area contributed by atoms with Gasteiger partial charge >= 0.3 is 0 Å². The van der Waals surface area contributed by atoms with E-state index in [4.69, 9.17) is 0 Å². The van der Waals surface area contributed by atoms with Crippen molar-refractivity contribution in [3.8, 4) is 0 Å². The highest BCUT2D eigenvalue weighted by molar-refractivity contribution is 4.74. The normalized spacial score (nSPS) is 23.4. The smallest absolute Gasteiger partial charge is 0.0192 e. The SMILES string of the molecule is CCN1CCCN(C(C)CNC)CC1. The van der Waals surface area contributed by atoms with Crippen LogP contribution in [0.15, 0.2) is 0 Å². The molecule has 0 bridgehead atoms. The molecule has 3 heteroatoms. The van der Waals surface area contributed by atoms with Crippen molar-refractivity contribution < 1.29 is 0 Å². The Morgan fingerprint density at radius 1 is 1.21 bits per heavy atom. The molecule has 14 heavy (non-hydrogen) atoms. The highest BCUT2D eigenvalue weighted by atomic mass is 15.2. The first-order valence-electron chi connectivity index (χ1n) is 5.89. The predicted octanol–water partition coefficient (Wildman–Crippen LogP) is 0.622. The van der Waals surface area contributed by atoms with Gasteiger partial charge in [-0.2, -0.15) is 0 Å². The topological polar surface area (TPSA) is 18.5 Å². The Balaban J connectivity index is 2.33. The van der Waals surface area contributed by atoms with Crippen LogP contribution in [0.3, 0.4) is 0 Å². The number of hydrogen-bond donors (Lipinski definition) is 1. The fraction of sp³-hybridized carbons (Fsp3) is 1.00. The highest BCUT2D eigenvalue weighted by Crippen LogP contribution is 2.06. The Morgan fingerprint density at radius 2 is 2.00 bits per heavy atom. The van der Waals surface area contributed by atoms with Gasteiger partial charge < -0.3 is 10.2 Å². The van der Waals surface area contributed by atoms with Crippen LogP contribution >= 0.6 is 0 Å². The van der Waals surface area contributed by atoms with E-state index in [1.54, 1.807) is 0 Å². The number of rotatable bonds is 4. The lowest BCUT2D eigenvalue weighted by atomic mass is 10.2. The van der Waals surface area contributed by atoms with Gasteiger partial charge in [0, 0.05) is 25.7 Å². The highest BCUT2D eigenvalue weighted by Gasteiger charge is 2.17. The molecular weight excluding hydrogens is 174 g/mol. The van der Waals surface area contributed by atoms with E-state index in [-0.39, 0.29) is 0 Å². The van der Waals surface area contributed by atoms with Gasteiger partial charge in [0.15, 0.2) is 0 Å². The molecule has 0 amide bonds. The standard InChI is InChI=1S/C11H25N3/c1-4-13-6-5-7-14(9-8-13)11(2)10-12-3/h11-12H,4-10H2,1-3H3. The molecule has 1 heterocycles. The number of likely N-dealkylation sites (N-methyl/N-ethyl adjacent to an activating group) is 2. The maximum absolute atomic E-state index is 3.26. The molecule has 0 radical (unpaired) electrons. The Labute approximate surface area is 88.5 Å². The summed E-state index contributed by atoms with van der Waals surface area (Å²) in [6.45, 7) is 11.9. The zero-order chi connectivity index (χ0) is 10.4. The predicted molar refractivity (Wildman–Crippen MR) is 61.7 cm³/mol. The van der Waals surface area contributed by atoms with Gasteiger partial charge in [-0.05, 0) is 40.0 Å². The molecule has 1 unspecified atom stereocenters. The minimum absolute atomic E-state index is 0.678. The average molecular weight is 199 g/mol. The molecule has 3 nitrogen and oxygen atoms in total. The van der Waals surface area contributed by atoms with Gasteiger partial charge in [-0.25, -0.2) is 0 Å². The lowest BCUT2D eigenvalue weighted by Gasteiger charge is -2.27. The van der Waals surface area contributed by atoms with Crippen molar-refractivity contribution in [1.82, 2.24) is 15.1 Å². The van der Waals surface area contributed by atoms with Crippen LogP contribution in [0.4, 0.5) is 0 Å². The molecule has 0 saturated carbocycles. The summed E-state index contributed by atoms with van der Waals surface area (Å²) in [4.78, 5) is 5.15. The van der Waals surface area contributed by atoms with Crippen LogP contribution in [0.2, 0.25) is 0 Å². The van der Waals surface area contributed by atoms with E-state index in [0.717, 1.165) is 6.54 Å². The molecule has 0 spiro atoms. The molecule has 0 aromatic carbocycles. The fourth-order valence-corrected chi connectivity index (χ4v) is 2.17. The first-order valence-corrected chi connectivity index (χ1v) is 5.89. The van der Waals surface area contributed by atoms with E-state index < -0.39 is 0 Å². The van der Waals surface area contributed by atoms with Crippen molar-refractivity contribution in [2.45, 2.75) is 26.3 Å². The maximum atomic E-state index is 3.26. The lowest BCUT2D eigenvalue weighted by Crippen LogP contribution is -2.41. The van der Waals surface area contributed by atoms with E-state index in [2.05, 4.69) is 29.0 Å². The molecule has 1 fully saturated rings. The van der Waals surface area contributed by atoms with Crippen LogP contribution in [0, 0.1) is 0 Å². The van der Waals surface area contributed by atoms with Crippen molar-refractivity contribution in [2.75, 3.05) is 46.3 Å². The molecule has 1 saturated heterocycles. The van der Waals surface area contributed by atoms with Gasteiger partial charge in [-0.3, -0.25) is 4.90 Å². The van der Waals surface area contributed by atoms with E-state index in [0.29, 0.717) is 6.04 Å². The van der Waals surface area contributed by atoms with Crippen molar-refractivity contribution in [2.24, 2.45) is 0 Å². The van der Waals surface area contributed by atoms with E-state index in [9.17, 15) is 0 Å². The van der Waals surface area contributed by atoms with Crippen molar-refractivity contribution in [3.05, 3.63) is 0 Å². The summed E-state index contributed by atoms with van der Waals surface area (Å²) in [6.07, 6.45) is 1.32. The second-order valence-electron chi connectivity index (χ2n) is 4.23.